The van der Waals surface area contributed by atoms with E-state index in [4.69, 9.17) is 4.74 Å². The summed E-state index contributed by atoms with van der Waals surface area (Å²) in [6.07, 6.45) is 1.09. The third kappa shape index (κ3) is 5.22. The number of aryl methyl sites for hydroxylation is 1. The molecule has 1 aromatic carbocycles. The molecule has 17 heavy (non-hydrogen) atoms. The van der Waals surface area contributed by atoms with E-state index in [9.17, 15) is 0 Å². The van der Waals surface area contributed by atoms with Gasteiger partial charge in [-0.25, -0.2) is 0 Å². The summed E-state index contributed by atoms with van der Waals surface area (Å²) >= 11 is 3.61. The third-order valence-corrected chi connectivity index (χ3v) is 3.66. The molecule has 1 nitrogen and oxygen atoms in total. The number of benzene rings is 1. The van der Waals surface area contributed by atoms with E-state index in [1.54, 1.807) is 0 Å². The summed E-state index contributed by atoms with van der Waals surface area (Å²) in [6, 6.07) is 8.62. The van der Waals surface area contributed by atoms with Crippen molar-refractivity contribution in [2.45, 2.75) is 33.1 Å². The predicted molar refractivity (Wildman–Crippen MR) is 78.0 cm³/mol. The summed E-state index contributed by atoms with van der Waals surface area (Å²) in [5.74, 6) is 1.18. The summed E-state index contributed by atoms with van der Waals surface area (Å²) < 4.78 is 5.67. The number of hydrogen-bond donors (Lipinski definition) is 0. The molecule has 1 aromatic rings. The topological polar surface area (TPSA) is 9.23 Å². The molecule has 0 saturated carbocycles. The van der Waals surface area contributed by atoms with Gasteiger partial charge in [0.05, 0.1) is 0 Å². The molecule has 0 saturated heterocycles. The van der Waals surface area contributed by atoms with Gasteiger partial charge in [-0.3, -0.25) is 0 Å². The number of alkyl halides is 1. The molecule has 96 valence electrons. The van der Waals surface area contributed by atoms with Crippen LogP contribution < -0.4 is 0 Å². The van der Waals surface area contributed by atoms with E-state index in [1.165, 1.54) is 11.1 Å². The Morgan fingerprint density at radius 3 is 2.53 bits per heavy atom. The molecule has 0 radical (unpaired) electrons. The van der Waals surface area contributed by atoms with Gasteiger partial charge < -0.3 is 4.74 Å². The molecule has 0 N–H and O–H groups in total. The molecule has 0 bridgehead atoms. The van der Waals surface area contributed by atoms with Gasteiger partial charge >= 0.3 is 0 Å². The van der Waals surface area contributed by atoms with Gasteiger partial charge in [0.15, 0.2) is 0 Å². The Hall–Kier alpha value is -0.340. The van der Waals surface area contributed by atoms with E-state index in [2.05, 4.69) is 61.0 Å². The van der Waals surface area contributed by atoms with Crippen LogP contribution in [0.1, 0.15) is 37.3 Å². The smallest absolute Gasteiger partial charge is 0.0488 e. The Morgan fingerprint density at radius 2 is 1.94 bits per heavy atom. The molecule has 2 heteroatoms. The fourth-order valence-electron chi connectivity index (χ4n) is 1.91. The minimum atomic E-state index is 0.559. The Balaban J connectivity index is 2.46. The van der Waals surface area contributed by atoms with Crippen LogP contribution in [0.25, 0.3) is 0 Å². The monoisotopic (exact) mass is 298 g/mol. The first kappa shape index (κ1) is 14.7. The summed E-state index contributed by atoms with van der Waals surface area (Å²) in [7, 11) is 0. The Morgan fingerprint density at radius 1 is 1.24 bits per heavy atom. The molecule has 0 heterocycles. The first-order valence-electron chi connectivity index (χ1n) is 6.34. The minimum Gasteiger partial charge on any atom is -0.381 e. The lowest BCUT2D eigenvalue weighted by molar-refractivity contribution is 0.105. The zero-order chi connectivity index (χ0) is 12.7. The Kier molecular flexibility index (Phi) is 6.83. The second-order valence-electron chi connectivity index (χ2n) is 4.97. The van der Waals surface area contributed by atoms with Crippen LogP contribution in [0.4, 0.5) is 0 Å². The highest BCUT2D eigenvalue weighted by atomic mass is 79.9. The van der Waals surface area contributed by atoms with Gasteiger partial charge in [-0.1, -0.05) is 54.0 Å². The van der Waals surface area contributed by atoms with E-state index in [1.807, 2.05) is 0 Å². The SMILES string of the molecule is Cc1ccccc1C(CBr)CCOCC(C)C. The standard InChI is InChI=1S/C15H23BrO/c1-12(2)11-17-9-8-14(10-16)15-7-5-4-6-13(15)3/h4-7,12,14H,8-11H2,1-3H3. The van der Waals surface area contributed by atoms with Crippen LogP contribution in [-0.2, 0) is 4.74 Å². The van der Waals surface area contributed by atoms with Crippen LogP contribution in [0.5, 0.6) is 0 Å². The van der Waals surface area contributed by atoms with Crippen LogP contribution >= 0.6 is 15.9 Å². The maximum absolute atomic E-state index is 5.67. The molecular formula is C15H23BrO. The lowest BCUT2D eigenvalue weighted by Gasteiger charge is -2.17. The summed E-state index contributed by atoms with van der Waals surface area (Å²) in [5.41, 5.74) is 2.82. The number of rotatable bonds is 7. The van der Waals surface area contributed by atoms with Crippen molar-refractivity contribution in [2.75, 3.05) is 18.5 Å². The predicted octanol–water partition coefficient (Wildman–Crippen LogP) is 4.54. The van der Waals surface area contributed by atoms with Gasteiger partial charge in [0.25, 0.3) is 0 Å². The van der Waals surface area contributed by atoms with Crippen molar-refractivity contribution < 1.29 is 4.74 Å². The summed E-state index contributed by atoms with van der Waals surface area (Å²) in [4.78, 5) is 0. The third-order valence-electron chi connectivity index (χ3n) is 2.88. The maximum Gasteiger partial charge on any atom is 0.0488 e. The van der Waals surface area contributed by atoms with Crippen molar-refractivity contribution in [2.24, 2.45) is 5.92 Å². The molecule has 0 spiro atoms. The zero-order valence-corrected chi connectivity index (χ0v) is 12.7. The molecule has 0 amide bonds. The Bertz CT molecular complexity index is 322. The van der Waals surface area contributed by atoms with Gasteiger partial charge in [-0.15, -0.1) is 0 Å². The van der Waals surface area contributed by atoms with Crippen molar-refractivity contribution in [1.29, 1.82) is 0 Å². The first-order valence-corrected chi connectivity index (χ1v) is 7.46. The number of halogens is 1. The van der Waals surface area contributed by atoms with E-state index in [0.29, 0.717) is 11.8 Å². The molecule has 1 rings (SSSR count). The van der Waals surface area contributed by atoms with Gasteiger partial charge in [-0.05, 0) is 36.3 Å². The lowest BCUT2D eigenvalue weighted by Crippen LogP contribution is -2.09. The lowest BCUT2D eigenvalue weighted by atomic mass is 9.94. The van der Waals surface area contributed by atoms with Gasteiger partial charge in [0.2, 0.25) is 0 Å². The van der Waals surface area contributed by atoms with Crippen molar-refractivity contribution >= 4 is 15.9 Å². The van der Waals surface area contributed by atoms with Crippen LogP contribution in [-0.4, -0.2) is 18.5 Å². The average Bonchev–Trinajstić information content (AvgIpc) is 2.30. The van der Waals surface area contributed by atoms with Crippen molar-refractivity contribution in [3.8, 4) is 0 Å². The van der Waals surface area contributed by atoms with Crippen LogP contribution in [0, 0.1) is 12.8 Å². The molecule has 1 unspecified atom stereocenters. The number of ether oxygens (including phenoxy) is 1. The van der Waals surface area contributed by atoms with Gasteiger partial charge in [0.1, 0.15) is 0 Å². The van der Waals surface area contributed by atoms with Crippen LogP contribution in [0.3, 0.4) is 0 Å². The van der Waals surface area contributed by atoms with Crippen LogP contribution in [0.15, 0.2) is 24.3 Å². The highest BCUT2D eigenvalue weighted by Gasteiger charge is 2.12. The van der Waals surface area contributed by atoms with E-state index in [-0.39, 0.29) is 0 Å². The van der Waals surface area contributed by atoms with Crippen molar-refractivity contribution in [3.63, 3.8) is 0 Å². The highest BCUT2D eigenvalue weighted by molar-refractivity contribution is 9.09. The van der Waals surface area contributed by atoms with Crippen molar-refractivity contribution in [1.82, 2.24) is 0 Å². The van der Waals surface area contributed by atoms with E-state index in [0.717, 1.165) is 25.0 Å². The summed E-state index contributed by atoms with van der Waals surface area (Å²) in [5, 5.41) is 1.00. The largest absolute Gasteiger partial charge is 0.381 e. The zero-order valence-electron chi connectivity index (χ0n) is 11.1. The van der Waals surface area contributed by atoms with Crippen molar-refractivity contribution in [3.05, 3.63) is 35.4 Å². The quantitative estimate of drug-likeness (QED) is 0.530. The number of hydrogen-bond acceptors (Lipinski definition) is 1. The first-order chi connectivity index (χ1) is 8.15. The fourth-order valence-corrected chi connectivity index (χ4v) is 2.58. The Labute approximate surface area is 114 Å². The molecular weight excluding hydrogens is 276 g/mol. The fraction of sp³-hybridized carbons (Fsp3) is 0.600. The maximum atomic E-state index is 5.67. The van der Waals surface area contributed by atoms with E-state index < -0.39 is 0 Å². The van der Waals surface area contributed by atoms with Gasteiger partial charge in [0, 0.05) is 18.5 Å². The molecule has 1 atom stereocenters. The van der Waals surface area contributed by atoms with Crippen LogP contribution in [0.2, 0.25) is 0 Å². The average molecular weight is 299 g/mol. The molecule has 0 aliphatic rings. The second kappa shape index (κ2) is 7.88. The highest BCUT2D eigenvalue weighted by Crippen LogP contribution is 2.24. The molecule has 0 aliphatic carbocycles. The molecule has 0 aliphatic heterocycles. The minimum absolute atomic E-state index is 0.559. The molecule has 0 fully saturated rings. The summed E-state index contributed by atoms with van der Waals surface area (Å²) in [6.45, 7) is 8.26. The molecule has 0 aromatic heterocycles. The van der Waals surface area contributed by atoms with E-state index >= 15 is 0 Å². The van der Waals surface area contributed by atoms with Gasteiger partial charge in [-0.2, -0.15) is 0 Å². The second-order valence-corrected chi connectivity index (χ2v) is 5.61. The normalized spacial score (nSPS) is 13.0.